The third-order valence-corrected chi connectivity index (χ3v) is 3.86. The van der Waals surface area contributed by atoms with Gasteiger partial charge in [0.1, 0.15) is 0 Å². The molecule has 1 spiro atoms. The van der Waals surface area contributed by atoms with Gasteiger partial charge in [-0.15, -0.1) is 0 Å². The quantitative estimate of drug-likeness (QED) is 0.503. The molecule has 4 N–H and O–H groups in total. The van der Waals surface area contributed by atoms with Crippen molar-refractivity contribution in [2.75, 3.05) is 19.6 Å². The second-order valence-corrected chi connectivity index (χ2v) is 4.97. The highest BCUT2D eigenvalue weighted by atomic mass is 16.4. The van der Waals surface area contributed by atoms with Gasteiger partial charge in [-0.2, -0.15) is 0 Å². The Morgan fingerprint density at radius 1 is 1.41 bits per heavy atom. The fraction of sp³-hybridized carbons (Fsp3) is 0.818. The standard InChI is InChI=1S/C11H18N2O4/c14-8(10(16)17)6-13-9(15)7-5-11(7)1-3-12-4-2-11/h7-8,12,14H,1-6H2,(H,13,15)(H,16,17)/t7?,8-/m0/s1. The molecule has 1 unspecified atom stereocenters. The summed E-state index contributed by atoms with van der Waals surface area (Å²) in [4.78, 5) is 22.2. The maximum Gasteiger partial charge on any atom is 0.334 e. The van der Waals surface area contributed by atoms with E-state index >= 15 is 0 Å². The van der Waals surface area contributed by atoms with E-state index < -0.39 is 12.1 Å². The molecule has 1 amide bonds. The Labute approximate surface area is 99.4 Å². The molecule has 0 aromatic heterocycles. The van der Waals surface area contributed by atoms with Gasteiger partial charge in [0.15, 0.2) is 6.10 Å². The largest absolute Gasteiger partial charge is 0.479 e. The van der Waals surface area contributed by atoms with Gasteiger partial charge in [0.25, 0.3) is 0 Å². The molecule has 0 bridgehead atoms. The Bertz CT molecular complexity index is 325. The number of carbonyl (C=O) groups is 2. The lowest BCUT2D eigenvalue weighted by Gasteiger charge is -2.23. The number of piperidine rings is 1. The molecule has 96 valence electrons. The number of carbonyl (C=O) groups excluding carboxylic acids is 1. The van der Waals surface area contributed by atoms with Crippen molar-refractivity contribution in [1.29, 1.82) is 0 Å². The van der Waals surface area contributed by atoms with Crippen LogP contribution in [0.3, 0.4) is 0 Å². The second kappa shape index (κ2) is 4.62. The lowest BCUT2D eigenvalue weighted by atomic mass is 9.92. The zero-order valence-electron chi connectivity index (χ0n) is 9.61. The molecule has 2 atom stereocenters. The van der Waals surface area contributed by atoms with Crippen LogP contribution in [0.15, 0.2) is 0 Å². The van der Waals surface area contributed by atoms with Crippen LogP contribution in [0, 0.1) is 11.3 Å². The zero-order chi connectivity index (χ0) is 12.5. The normalized spacial score (nSPS) is 27.5. The maximum atomic E-state index is 11.8. The van der Waals surface area contributed by atoms with E-state index in [9.17, 15) is 9.59 Å². The summed E-state index contributed by atoms with van der Waals surface area (Å²) < 4.78 is 0. The summed E-state index contributed by atoms with van der Waals surface area (Å²) in [5, 5.41) is 23.3. The minimum absolute atomic E-state index is 0.00518. The lowest BCUT2D eigenvalue weighted by Crippen LogP contribution is -2.39. The van der Waals surface area contributed by atoms with Crippen LogP contribution < -0.4 is 10.6 Å². The van der Waals surface area contributed by atoms with Crippen LogP contribution in [0.1, 0.15) is 19.3 Å². The van der Waals surface area contributed by atoms with Crippen LogP contribution in [0.5, 0.6) is 0 Å². The highest BCUT2D eigenvalue weighted by molar-refractivity contribution is 5.83. The minimum atomic E-state index is -1.51. The Morgan fingerprint density at radius 2 is 2.06 bits per heavy atom. The highest BCUT2D eigenvalue weighted by Crippen LogP contribution is 2.58. The SMILES string of the molecule is O=C(NC[C@H](O)C(=O)O)C1CC12CCNCC2. The van der Waals surface area contributed by atoms with Crippen LogP contribution in [-0.2, 0) is 9.59 Å². The number of amides is 1. The predicted octanol–water partition coefficient (Wildman–Crippen LogP) is -1.06. The van der Waals surface area contributed by atoms with Crippen molar-refractivity contribution in [2.45, 2.75) is 25.4 Å². The van der Waals surface area contributed by atoms with Gasteiger partial charge >= 0.3 is 5.97 Å². The topological polar surface area (TPSA) is 98.7 Å². The molecule has 2 aliphatic rings. The highest BCUT2D eigenvalue weighted by Gasteiger charge is 2.57. The molecular weight excluding hydrogens is 224 g/mol. The van der Waals surface area contributed by atoms with Crippen LogP contribution in [-0.4, -0.2) is 47.8 Å². The van der Waals surface area contributed by atoms with Gasteiger partial charge in [-0.25, -0.2) is 4.79 Å². The van der Waals surface area contributed by atoms with Crippen LogP contribution >= 0.6 is 0 Å². The molecule has 1 saturated carbocycles. The van der Waals surface area contributed by atoms with Crippen molar-refractivity contribution in [3.8, 4) is 0 Å². The second-order valence-electron chi connectivity index (χ2n) is 4.97. The van der Waals surface area contributed by atoms with Gasteiger partial charge in [0.05, 0.1) is 6.54 Å². The third kappa shape index (κ3) is 2.58. The molecule has 1 aliphatic heterocycles. The van der Waals surface area contributed by atoms with Gasteiger partial charge in [-0.1, -0.05) is 0 Å². The first kappa shape index (κ1) is 12.3. The monoisotopic (exact) mass is 242 g/mol. The van der Waals surface area contributed by atoms with Crippen molar-refractivity contribution in [2.24, 2.45) is 11.3 Å². The molecule has 6 nitrogen and oxygen atoms in total. The van der Waals surface area contributed by atoms with Crippen molar-refractivity contribution >= 4 is 11.9 Å². The molecule has 1 aliphatic carbocycles. The summed E-state index contributed by atoms with van der Waals surface area (Å²) in [5.41, 5.74) is 0.142. The Morgan fingerprint density at radius 3 is 2.65 bits per heavy atom. The number of hydrogen-bond acceptors (Lipinski definition) is 4. The van der Waals surface area contributed by atoms with Gasteiger partial charge in [-0.05, 0) is 37.8 Å². The lowest BCUT2D eigenvalue weighted by molar-refractivity contribution is -0.146. The summed E-state index contributed by atoms with van der Waals surface area (Å²) in [6, 6.07) is 0. The van der Waals surface area contributed by atoms with Crippen molar-refractivity contribution in [3.05, 3.63) is 0 Å². The van der Waals surface area contributed by atoms with Crippen LogP contribution in [0.2, 0.25) is 0 Å². The van der Waals surface area contributed by atoms with E-state index in [1.165, 1.54) is 0 Å². The molecule has 6 heteroatoms. The summed E-state index contributed by atoms with van der Waals surface area (Å²) >= 11 is 0. The molecular formula is C11H18N2O4. The van der Waals surface area contributed by atoms with Crippen LogP contribution in [0.4, 0.5) is 0 Å². The smallest absolute Gasteiger partial charge is 0.334 e. The fourth-order valence-corrected chi connectivity index (χ4v) is 2.60. The van der Waals surface area contributed by atoms with E-state index in [0.29, 0.717) is 0 Å². The van der Waals surface area contributed by atoms with E-state index in [1.807, 2.05) is 0 Å². The summed E-state index contributed by atoms with van der Waals surface area (Å²) in [7, 11) is 0. The number of hydrogen-bond donors (Lipinski definition) is 4. The number of aliphatic carboxylic acids is 1. The molecule has 1 saturated heterocycles. The Hall–Kier alpha value is -1.14. The molecule has 0 aromatic rings. The molecule has 0 aromatic carbocycles. The summed E-state index contributed by atoms with van der Waals surface area (Å²) in [6.07, 6.45) is 1.39. The first-order valence-corrected chi connectivity index (χ1v) is 5.94. The first-order valence-electron chi connectivity index (χ1n) is 5.94. The number of carboxylic acids is 1. The fourth-order valence-electron chi connectivity index (χ4n) is 2.60. The maximum absolute atomic E-state index is 11.8. The minimum Gasteiger partial charge on any atom is -0.479 e. The average molecular weight is 242 g/mol. The van der Waals surface area contributed by atoms with Gasteiger partial charge < -0.3 is 20.8 Å². The molecule has 17 heavy (non-hydrogen) atoms. The first-order chi connectivity index (χ1) is 8.05. The van der Waals surface area contributed by atoms with E-state index in [0.717, 1.165) is 32.4 Å². The van der Waals surface area contributed by atoms with E-state index in [-0.39, 0.29) is 23.8 Å². The van der Waals surface area contributed by atoms with Gasteiger partial charge in [-0.3, -0.25) is 4.79 Å². The Balaban J connectivity index is 1.77. The Kier molecular flexibility index (Phi) is 3.35. The number of carboxylic acid groups (broad SMARTS) is 1. The van der Waals surface area contributed by atoms with Gasteiger partial charge in [0.2, 0.25) is 5.91 Å². The average Bonchev–Trinajstić information content (AvgIpc) is 3.00. The third-order valence-electron chi connectivity index (χ3n) is 3.86. The molecule has 2 fully saturated rings. The van der Waals surface area contributed by atoms with Crippen molar-refractivity contribution in [1.82, 2.24) is 10.6 Å². The molecule has 0 radical (unpaired) electrons. The van der Waals surface area contributed by atoms with Gasteiger partial charge in [0, 0.05) is 5.92 Å². The predicted molar refractivity (Wildman–Crippen MR) is 59.3 cm³/mol. The number of aliphatic hydroxyl groups excluding tert-OH is 1. The summed E-state index contributed by atoms with van der Waals surface area (Å²) in [6.45, 7) is 1.68. The van der Waals surface area contributed by atoms with E-state index in [1.54, 1.807) is 0 Å². The van der Waals surface area contributed by atoms with E-state index in [4.69, 9.17) is 10.2 Å². The molecule has 2 rings (SSSR count). The van der Waals surface area contributed by atoms with E-state index in [2.05, 4.69) is 10.6 Å². The number of nitrogens with one attached hydrogen (secondary N) is 2. The number of rotatable bonds is 4. The van der Waals surface area contributed by atoms with Crippen molar-refractivity contribution in [3.63, 3.8) is 0 Å². The zero-order valence-corrected chi connectivity index (χ0v) is 9.61. The molecule has 1 heterocycles. The number of aliphatic hydroxyl groups is 1. The van der Waals surface area contributed by atoms with Crippen molar-refractivity contribution < 1.29 is 19.8 Å². The van der Waals surface area contributed by atoms with Crippen LogP contribution in [0.25, 0.3) is 0 Å². The summed E-state index contributed by atoms with van der Waals surface area (Å²) in [5.74, 6) is -1.42.